The molecule has 4 heteroatoms. The molecule has 3 nitrogen and oxygen atoms in total. The van der Waals surface area contributed by atoms with Crippen molar-refractivity contribution < 1.29 is 4.79 Å². The van der Waals surface area contributed by atoms with Crippen molar-refractivity contribution in [2.24, 2.45) is 0 Å². The van der Waals surface area contributed by atoms with E-state index in [9.17, 15) is 4.79 Å². The summed E-state index contributed by atoms with van der Waals surface area (Å²) in [5.74, 6) is 0.126. The summed E-state index contributed by atoms with van der Waals surface area (Å²) in [6, 6.07) is 2.12. The zero-order valence-electron chi connectivity index (χ0n) is 13.2. The molecule has 1 saturated carbocycles. The lowest BCUT2D eigenvalue weighted by atomic mass is 9.80. The van der Waals surface area contributed by atoms with Crippen LogP contribution in [0.2, 0.25) is 0 Å². The molecule has 0 atom stereocenters. The second kappa shape index (κ2) is 6.09. The van der Waals surface area contributed by atoms with E-state index in [1.807, 2.05) is 0 Å². The highest BCUT2D eigenvalue weighted by atomic mass is 32.1. The first kappa shape index (κ1) is 15.0. The van der Waals surface area contributed by atoms with Gasteiger partial charge in [0.2, 0.25) is 0 Å². The van der Waals surface area contributed by atoms with Gasteiger partial charge in [-0.1, -0.05) is 19.3 Å². The highest BCUT2D eigenvalue weighted by Crippen LogP contribution is 2.33. The average Bonchev–Trinajstić information content (AvgIpc) is 3.07. The van der Waals surface area contributed by atoms with Crippen molar-refractivity contribution in [2.75, 3.05) is 20.6 Å². The maximum absolute atomic E-state index is 12.4. The van der Waals surface area contributed by atoms with E-state index >= 15 is 0 Å². The fourth-order valence-electron chi connectivity index (χ4n) is 3.76. The van der Waals surface area contributed by atoms with E-state index in [0.29, 0.717) is 0 Å². The Bertz CT molecular complexity index is 493. The van der Waals surface area contributed by atoms with Crippen LogP contribution in [0, 0.1) is 0 Å². The molecular weight excluding hydrogens is 280 g/mol. The van der Waals surface area contributed by atoms with Crippen molar-refractivity contribution in [3.63, 3.8) is 0 Å². The number of likely N-dealkylation sites (N-methyl/N-ethyl adjacent to an activating group) is 1. The minimum atomic E-state index is 0.126. The second-order valence-corrected chi connectivity index (χ2v) is 7.91. The van der Waals surface area contributed by atoms with Gasteiger partial charge in [0.15, 0.2) is 0 Å². The maximum Gasteiger partial charge on any atom is 0.261 e. The van der Waals surface area contributed by atoms with Crippen LogP contribution in [0.15, 0.2) is 6.07 Å². The first-order chi connectivity index (χ1) is 10.1. The van der Waals surface area contributed by atoms with Crippen LogP contribution < -0.4 is 5.32 Å². The van der Waals surface area contributed by atoms with Crippen molar-refractivity contribution in [3.05, 3.63) is 21.4 Å². The third-order valence-corrected chi connectivity index (χ3v) is 6.52. The monoisotopic (exact) mass is 306 g/mol. The number of hydrogen-bond acceptors (Lipinski definition) is 3. The van der Waals surface area contributed by atoms with Gasteiger partial charge in [-0.25, -0.2) is 0 Å². The third-order valence-electron chi connectivity index (χ3n) is 5.28. The molecule has 0 spiro atoms. The van der Waals surface area contributed by atoms with Crippen LogP contribution >= 0.6 is 11.3 Å². The van der Waals surface area contributed by atoms with Gasteiger partial charge in [-0.2, -0.15) is 0 Å². The number of nitrogens with zero attached hydrogens (tertiary/aromatic N) is 1. The van der Waals surface area contributed by atoms with Gasteiger partial charge in [-0.15, -0.1) is 11.3 Å². The van der Waals surface area contributed by atoms with Crippen molar-refractivity contribution in [3.8, 4) is 0 Å². The molecule has 0 aromatic carbocycles. The Kier molecular flexibility index (Phi) is 4.36. The predicted molar refractivity (Wildman–Crippen MR) is 88.2 cm³/mol. The molecule has 1 aromatic rings. The molecule has 1 amide bonds. The number of nitrogens with one attached hydrogen (secondary N) is 1. The Balaban J connectivity index is 1.63. The van der Waals surface area contributed by atoms with Gasteiger partial charge in [0.1, 0.15) is 0 Å². The molecule has 0 bridgehead atoms. The minimum absolute atomic E-state index is 0.126. The molecule has 21 heavy (non-hydrogen) atoms. The van der Waals surface area contributed by atoms with Gasteiger partial charge in [0.25, 0.3) is 5.91 Å². The number of carbonyl (C=O) groups excluding carboxylic acids is 1. The Morgan fingerprint density at radius 2 is 2.00 bits per heavy atom. The van der Waals surface area contributed by atoms with E-state index in [1.165, 1.54) is 49.0 Å². The maximum atomic E-state index is 12.4. The lowest BCUT2D eigenvalue weighted by Crippen LogP contribution is -2.53. The third kappa shape index (κ3) is 3.02. The van der Waals surface area contributed by atoms with Crippen LogP contribution in [0.3, 0.4) is 0 Å². The van der Waals surface area contributed by atoms with Crippen LogP contribution in [0.1, 0.15) is 58.6 Å². The molecule has 1 aromatic heterocycles. The zero-order chi connectivity index (χ0) is 14.9. The fourth-order valence-corrected chi connectivity index (χ4v) is 4.93. The Labute approximate surface area is 131 Å². The van der Waals surface area contributed by atoms with Crippen molar-refractivity contribution in [1.82, 2.24) is 10.2 Å². The highest BCUT2D eigenvalue weighted by Gasteiger charge is 2.34. The number of thiophene rings is 1. The lowest BCUT2D eigenvalue weighted by Gasteiger charge is -2.43. The van der Waals surface area contributed by atoms with Crippen LogP contribution in [0.5, 0.6) is 0 Å². The van der Waals surface area contributed by atoms with E-state index in [-0.39, 0.29) is 11.4 Å². The van der Waals surface area contributed by atoms with Crippen molar-refractivity contribution >= 4 is 17.2 Å². The highest BCUT2D eigenvalue weighted by molar-refractivity contribution is 7.14. The minimum Gasteiger partial charge on any atom is -0.349 e. The van der Waals surface area contributed by atoms with Crippen molar-refractivity contribution in [2.45, 2.75) is 56.9 Å². The first-order valence-electron chi connectivity index (χ1n) is 8.18. The molecule has 0 radical (unpaired) electrons. The first-order valence-corrected chi connectivity index (χ1v) is 9.00. The largest absolute Gasteiger partial charge is 0.349 e. The molecule has 2 aliphatic carbocycles. The Hall–Kier alpha value is -0.870. The lowest BCUT2D eigenvalue weighted by molar-refractivity contribution is 0.0802. The van der Waals surface area contributed by atoms with E-state index in [4.69, 9.17) is 0 Å². The number of rotatable bonds is 4. The summed E-state index contributed by atoms with van der Waals surface area (Å²) in [7, 11) is 4.30. The summed E-state index contributed by atoms with van der Waals surface area (Å²) in [5, 5.41) is 3.21. The summed E-state index contributed by atoms with van der Waals surface area (Å²) in [5.41, 5.74) is 1.57. The Morgan fingerprint density at radius 1 is 1.24 bits per heavy atom. The summed E-state index contributed by atoms with van der Waals surface area (Å²) in [4.78, 5) is 17.1. The normalized spacial score (nSPS) is 20.5. The molecule has 116 valence electrons. The van der Waals surface area contributed by atoms with Crippen molar-refractivity contribution in [1.29, 1.82) is 0 Å². The molecule has 1 N–H and O–H groups in total. The predicted octanol–water partition coefficient (Wildman–Crippen LogP) is 3.23. The van der Waals surface area contributed by atoms with Gasteiger partial charge < -0.3 is 10.2 Å². The summed E-state index contributed by atoms with van der Waals surface area (Å²) >= 11 is 1.70. The molecule has 1 fully saturated rings. The van der Waals surface area contributed by atoms with Gasteiger partial charge in [-0.3, -0.25) is 4.79 Å². The van der Waals surface area contributed by atoms with Gasteiger partial charge in [0.05, 0.1) is 4.88 Å². The molecule has 0 aliphatic heterocycles. The van der Waals surface area contributed by atoms with Crippen LogP contribution in [0.4, 0.5) is 0 Å². The number of hydrogen-bond donors (Lipinski definition) is 1. The fraction of sp³-hybridized carbons (Fsp3) is 0.706. The second-order valence-electron chi connectivity index (χ2n) is 6.77. The molecule has 2 aliphatic rings. The SMILES string of the molecule is CN(C)C1(CNC(=O)c2cc3c(s2)CCC3)CCCCC1. The van der Waals surface area contributed by atoms with Gasteiger partial charge in [-0.05, 0) is 57.8 Å². The van der Waals surface area contributed by atoms with Crippen LogP contribution in [-0.4, -0.2) is 37.0 Å². The summed E-state index contributed by atoms with van der Waals surface area (Å²) < 4.78 is 0. The topological polar surface area (TPSA) is 32.3 Å². The molecule has 0 unspecified atom stereocenters. The standard InChI is InChI=1S/C17H26N2OS/c1-19(2)17(9-4-3-5-10-17)12-18-16(20)15-11-13-7-6-8-14(13)21-15/h11H,3-10,12H2,1-2H3,(H,18,20). The molecule has 3 rings (SSSR count). The number of fused-ring (bicyclic) bond motifs is 1. The number of carbonyl (C=O) groups is 1. The van der Waals surface area contributed by atoms with E-state index in [2.05, 4.69) is 30.4 Å². The van der Waals surface area contributed by atoms with Gasteiger partial charge in [0, 0.05) is 17.0 Å². The smallest absolute Gasteiger partial charge is 0.261 e. The van der Waals surface area contributed by atoms with E-state index in [0.717, 1.165) is 24.3 Å². The molecule has 0 saturated heterocycles. The van der Waals surface area contributed by atoms with E-state index in [1.54, 1.807) is 11.3 Å². The summed E-state index contributed by atoms with van der Waals surface area (Å²) in [6.45, 7) is 0.779. The summed E-state index contributed by atoms with van der Waals surface area (Å²) in [6.07, 6.45) is 9.86. The molecule has 1 heterocycles. The Morgan fingerprint density at radius 3 is 2.67 bits per heavy atom. The molecular formula is C17H26N2OS. The quantitative estimate of drug-likeness (QED) is 0.926. The van der Waals surface area contributed by atoms with Crippen LogP contribution in [-0.2, 0) is 12.8 Å². The van der Waals surface area contributed by atoms with Crippen LogP contribution in [0.25, 0.3) is 0 Å². The number of amides is 1. The zero-order valence-corrected chi connectivity index (χ0v) is 14.0. The van der Waals surface area contributed by atoms with Gasteiger partial charge >= 0.3 is 0 Å². The average molecular weight is 306 g/mol. The van der Waals surface area contributed by atoms with E-state index < -0.39 is 0 Å². The number of aryl methyl sites for hydroxylation is 2.